The Hall–Kier alpha value is -2.94. The largest absolute Gasteiger partial charge is 0.369 e. The van der Waals surface area contributed by atoms with Crippen LogP contribution in [0.3, 0.4) is 0 Å². The SMILES string of the molecule is CS(=O)(=O)N(Cc1ccccc1F)c1ccc(C(=O)N2CCC(C(N)=O)CC2)cc1. The van der Waals surface area contributed by atoms with E-state index in [4.69, 9.17) is 5.73 Å². The maximum Gasteiger partial charge on any atom is 0.253 e. The van der Waals surface area contributed by atoms with Crippen molar-refractivity contribution >= 4 is 27.5 Å². The van der Waals surface area contributed by atoms with Gasteiger partial charge in [-0.25, -0.2) is 12.8 Å². The van der Waals surface area contributed by atoms with Crippen molar-refractivity contribution in [3.05, 3.63) is 65.5 Å². The topological polar surface area (TPSA) is 101 Å². The molecule has 2 aromatic carbocycles. The van der Waals surface area contributed by atoms with Crippen LogP contribution in [0.1, 0.15) is 28.8 Å². The number of nitrogens with two attached hydrogens (primary N) is 1. The molecule has 160 valence electrons. The monoisotopic (exact) mass is 433 g/mol. The van der Waals surface area contributed by atoms with E-state index in [1.54, 1.807) is 23.1 Å². The van der Waals surface area contributed by atoms with Gasteiger partial charge in [-0.15, -0.1) is 0 Å². The lowest BCUT2D eigenvalue weighted by Crippen LogP contribution is -2.41. The highest BCUT2D eigenvalue weighted by atomic mass is 32.2. The molecule has 1 fully saturated rings. The van der Waals surface area contributed by atoms with Crippen molar-refractivity contribution in [1.29, 1.82) is 0 Å². The highest BCUT2D eigenvalue weighted by Crippen LogP contribution is 2.24. The first kappa shape index (κ1) is 21.8. The van der Waals surface area contributed by atoms with Crippen molar-refractivity contribution < 1.29 is 22.4 Å². The second-order valence-electron chi connectivity index (χ2n) is 7.38. The van der Waals surface area contributed by atoms with Gasteiger partial charge in [0.2, 0.25) is 15.9 Å². The summed E-state index contributed by atoms with van der Waals surface area (Å²) < 4.78 is 39.7. The summed E-state index contributed by atoms with van der Waals surface area (Å²) in [6.07, 6.45) is 2.11. The van der Waals surface area contributed by atoms with Gasteiger partial charge in [0.15, 0.2) is 0 Å². The predicted molar refractivity (Wildman–Crippen MR) is 112 cm³/mol. The van der Waals surface area contributed by atoms with Gasteiger partial charge in [0.1, 0.15) is 5.82 Å². The molecule has 9 heteroatoms. The van der Waals surface area contributed by atoms with Crippen molar-refractivity contribution in [1.82, 2.24) is 4.90 Å². The number of benzene rings is 2. The fourth-order valence-corrected chi connectivity index (χ4v) is 4.38. The molecule has 2 amide bonds. The van der Waals surface area contributed by atoms with Crippen LogP contribution in [-0.4, -0.2) is 44.5 Å². The van der Waals surface area contributed by atoms with E-state index in [-0.39, 0.29) is 29.8 Å². The molecule has 1 aliphatic rings. The van der Waals surface area contributed by atoms with Gasteiger partial charge in [0, 0.05) is 30.1 Å². The van der Waals surface area contributed by atoms with Crippen molar-refractivity contribution in [2.45, 2.75) is 19.4 Å². The molecule has 7 nitrogen and oxygen atoms in total. The van der Waals surface area contributed by atoms with Gasteiger partial charge in [-0.1, -0.05) is 18.2 Å². The second kappa shape index (κ2) is 8.83. The van der Waals surface area contributed by atoms with Gasteiger partial charge in [0.25, 0.3) is 5.91 Å². The number of primary amides is 1. The van der Waals surface area contributed by atoms with E-state index in [0.29, 0.717) is 37.2 Å². The van der Waals surface area contributed by atoms with Crippen LogP contribution in [0.4, 0.5) is 10.1 Å². The number of sulfonamides is 1. The highest BCUT2D eigenvalue weighted by molar-refractivity contribution is 7.92. The number of nitrogens with zero attached hydrogens (tertiary/aromatic N) is 2. The molecular formula is C21H24FN3O4S. The molecule has 3 rings (SSSR count). The third-order valence-electron chi connectivity index (χ3n) is 5.26. The molecular weight excluding hydrogens is 409 g/mol. The van der Waals surface area contributed by atoms with Gasteiger partial charge in [-0.3, -0.25) is 13.9 Å². The average molecular weight is 434 g/mol. The summed E-state index contributed by atoms with van der Waals surface area (Å²) in [6, 6.07) is 12.2. The Bertz CT molecular complexity index is 1030. The van der Waals surface area contributed by atoms with Gasteiger partial charge in [-0.05, 0) is 43.2 Å². The van der Waals surface area contributed by atoms with E-state index in [9.17, 15) is 22.4 Å². The van der Waals surface area contributed by atoms with Crippen molar-refractivity contribution in [2.24, 2.45) is 11.7 Å². The molecule has 0 spiro atoms. The van der Waals surface area contributed by atoms with E-state index >= 15 is 0 Å². The summed E-state index contributed by atoms with van der Waals surface area (Å²) in [5, 5.41) is 0. The summed E-state index contributed by atoms with van der Waals surface area (Å²) in [5.41, 5.74) is 6.33. The number of halogens is 1. The fourth-order valence-electron chi connectivity index (χ4n) is 3.50. The van der Waals surface area contributed by atoms with Crippen LogP contribution in [0.5, 0.6) is 0 Å². The summed E-state index contributed by atoms with van der Waals surface area (Å²) >= 11 is 0. The lowest BCUT2D eigenvalue weighted by molar-refractivity contribution is -0.123. The third kappa shape index (κ3) is 4.96. The summed E-state index contributed by atoms with van der Waals surface area (Å²) in [4.78, 5) is 25.6. The number of piperidine rings is 1. The van der Waals surface area contributed by atoms with E-state index in [2.05, 4.69) is 0 Å². The van der Waals surface area contributed by atoms with Crippen LogP contribution < -0.4 is 10.0 Å². The first-order valence-corrected chi connectivity index (χ1v) is 11.4. The Morgan fingerprint density at radius 2 is 1.70 bits per heavy atom. The van der Waals surface area contributed by atoms with E-state index in [1.807, 2.05) is 0 Å². The maximum absolute atomic E-state index is 14.0. The Balaban J connectivity index is 1.76. The number of hydrogen-bond acceptors (Lipinski definition) is 4. The van der Waals surface area contributed by atoms with Crippen LogP contribution in [-0.2, 0) is 21.4 Å². The number of hydrogen-bond donors (Lipinski definition) is 1. The number of anilines is 1. The van der Waals surface area contributed by atoms with Crippen LogP contribution in [0, 0.1) is 11.7 Å². The van der Waals surface area contributed by atoms with Gasteiger partial charge >= 0.3 is 0 Å². The molecule has 0 radical (unpaired) electrons. The quantitative estimate of drug-likeness (QED) is 0.754. The first-order valence-electron chi connectivity index (χ1n) is 9.56. The Morgan fingerprint density at radius 3 is 2.23 bits per heavy atom. The minimum atomic E-state index is -3.67. The molecule has 0 aliphatic carbocycles. The molecule has 0 aromatic heterocycles. The zero-order valence-corrected chi connectivity index (χ0v) is 17.4. The van der Waals surface area contributed by atoms with E-state index in [0.717, 1.165) is 10.6 Å². The average Bonchev–Trinajstić information content (AvgIpc) is 2.72. The summed E-state index contributed by atoms with van der Waals surface area (Å²) in [7, 11) is -3.67. The molecule has 0 unspecified atom stereocenters. The Morgan fingerprint density at radius 1 is 1.10 bits per heavy atom. The molecule has 1 saturated heterocycles. The number of likely N-dealkylation sites (tertiary alicyclic amines) is 1. The minimum absolute atomic E-state index is 0.153. The molecule has 0 saturated carbocycles. The zero-order chi connectivity index (χ0) is 21.9. The van der Waals surface area contributed by atoms with Crippen molar-refractivity contribution in [2.75, 3.05) is 23.7 Å². The van der Waals surface area contributed by atoms with Crippen LogP contribution in [0.2, 0.25) is 0 Å². The smallest absolute Gasteiger partial charge is 0.253 e. The normalized spacial score (nSPS) is 15.1. The zero-order valence-electron chi connectivity index (χ0n) is 16.6. The highest BCUT2D eigenvalue weighted by Gasteiger charge is 2.27. The van der Waals surface area contributed by atoms with Gasteiger partial charge in [-0.2, -0.15) is 0 Å². The van der Waals surface area contributed by atoms with Crippen LogP contribution in [0.25, 0.3) is 0 Å². The van der Waals surface area contributed by atoms with Gasteiger partial charge < -0.3 is 10.6 Å². The third-order valence-corrected chi connectivity index (χ3v) is 6.40. The van der Waals surface area contributed by atoms with E-state index < -0.39 is 15.8 Å². The molecule has 30 heavy (non-hydrogen) atoms. The van der Waals surface area contributed by atoms with Crippen LogP contribution in [0.15, 0.2) is 48.5 Å². The summed E-state index contributed by atoms with van der Waals surface area (Å²) in [5.74, 6) is -1.23. The number of carbonyl (C=O) groups is 2. The minimum Gasteiger partial charge on any atom is -0.369 e. The maximum atomic E-state index is 14.0. The van der Waals surface area contributed by atoms with Crippen molar-refractivity contribution in [3.63, 3.8) is 0 Å². The lowest BCUT2D eigenvalue weighted by Gasteiger charge is -2.30. The Kier molecular flexibility index (Phi) is 6.40. The first-order chi connectivity index (χ1) is 14.2. The second-order valence-corrected chi connectivity index (χ2v) is 9.28. The summed E-state index contributed by atoms with van der Waals surface area (Å²) in [6.45, 7) is 0.729. The number of amides is 2. The lowest BCUT2D eigenvalue weighted by atomic mass is 9.96. The number of rotatable bonds is 6. The number of carbonyl (C=O) groups excluding carboxylic acids is 2. The molecule has 0 atom stereocenters. The van der Waals surface area contributed by atoms with Crippen LogP contribution >= 0.6 is 0 Å². The molecule has 2 N–H and O–H groups in total. The van der Waals surface area contributed by atoms with Crippen molar-refractivity contribution in [3.8, 4) is 0 Å². The Labute approximate surface area is 175 Å². The molecule has 1 aliphatic heterocycles. The molecule has 0 bridgehead atoms. The predicted octanol–water partition coefficient (Wildman–Crippen LogP) is 2.13. The molecule has 1 heterocycles. The fraction of sp³-hybridized carbons (Fsp3) is 0.333. The van der Waals surface area contributed by atoms with E-state index in [1.165, 1.54) is 30.3 Å². The molecule has 2 aromatic rings. The standard InChI is InChI=1S/C21H24FN3O4S/c1-30(28,29)25(14-17-4-2-3-5-19(17)22)18-8-6-16(7-9-18)21(27)24-12-10-15(11-13-24)20(23)26/h2-9,15H,10-14H2,1H3,(H2,23,26). The van der Waals surface area contributed by atoms with Gasteiger partial charge in [0.05, 0.1) is 18.5 Å².